The second-order valence-corrected chi connectivity index (χ2v) is 8.98. The highest BCUT2D eigenvalue weighted by Crippen LogP contribution is 2.63. The van der Waals surface area contributed by atoms with Crippen LogP contribution >= 0.6 is 0 Å². The summed E-state index contributed by atoms with van der Waals surface area (Å²) in [5, 5.41) is 3.06. The summed E-state index contributed by atoms with van der Waals surface area (Å²) in [4.78, 5) is 17.1. The summed E-state index contributed by atoms with van der Waals surface area (Å²) in [6.45, 7) is 1.97. The minimum Gasteiger partial charge on any atom is -0.289 e. The number of hydrogen-bond acceptors (Lipinski definition) is 3. The summed E-state index contributed by atoms with van der Waals surface area (Å²) < 4.78 is 13.8. The van der Waals surface area contributed by atoms with E-state index in [-0.39, 0.29) is 23.1 Å². The zero-order chi connectivity index (χ0) is 19.1. The third-order valence-corrected chi connectivity index (χ3v) is 7.29. The zero-order valence-electron chi connectivity index (χ0n) is 16.3. The van der Waals surface area contributed by atoms with Crippen molar-refractivity contribution in [1.29, 1.82) is 0 Å². The maximum absolute atomic E-state index is 13.8. The molecular formula is C23H28FN3O. The summed E-state index contributed by atoms with van der Waals surface area (Å²) in [5.74, 6) is 0.647. The number of hydrogen-bond donors (Lipinski definition) is 1. The summed E-state index contributed by atoms with van der Waals surface area (Å²) in [6.07, 6.45) is 10.8. The van der Waals surface area contributed by atoms with Gasteiger partial charge in [-0.3, -0.25) is 15.2 Å². The van der Waals surface area contributed by atoms with Gasteiger partial charge in [0.2, 0.25) is 5.91 Å². The summed E-state index contributed by atoms with van der Waals surface area (Å²) in [7, 11) is 0. The van der Waals surface area contributed by atoms with Crippen molar-refractivity contribution < 1.29 is 9.18 Å². The number of rotatable bonds is 3. The number of nitrogens with one attached hydrogen (secondary N) is 1. The van der Waals surface area contributed by atoms with Crippen molar-refractivity contribution in [3.63, 3.8) is 0 Å². The molecule has 2 heterocycles. The number of hydrazine groups is 1. The molecule has 5 heteroatoms. The summed E-state index contributed by atoms with van der Waals surface area (Å²) >= 11 is 0. The standard InChI is InChI=1S/C23H28FN3O/c24-17-4-5-21-19(14-17)18(8-11-25-21)16-6-9-23(10-7-16)15-20(23)22(28)26-27-12-2-1-3-13-27/h4-5,8,11,14,16,20H,1-3,6-7,9-10,12-13,15H2,(H,26,28)/t16-,20-,23+/m1/s1. The van der Waals surface area contributed by atoms with Gasteiger partial charge in [0.15, 0.2) is 0 Å². The molecule has 28 heavy (non-hydrogen) atoms. The molecule has 1 spiro atoms. The van der Waals surface area contributed by atoms with Gasteiger partial charge in [0.1, 0.15) is 5.82 Å². The van der Waals surface area contributed by atoms with Crippen molar-refractivity contribution in [3.8, 4) is 0 Å². The van der Waals surface area contributed by atoms with Crippen LogP contribution in [-0.2, 0) is 4.79 Å². The van der Waals surface area contributed by atoms with E-state index in [9.17, 15) is 9.18 Å². The van der Waals surface area contributed by atoms with Gasteiger partial charge in [-0.05, 0) is 86.1 Å². The van der Waals surface area contributed by atoms with Crippen molar-refractivity contribution in [3.05, 3.63) is 41.8 Å². The van der Waals surface area contributed by atoms with Gasteiger partial charge in [-0.15, -0.1) is 0 Å². The van der Waals surface area contributed by atoms with Crippen molar-refractivity contribution in [1.82, 2.24) is 15.4 Å². The van der Waals surface area contributed by atoms with Gasteiger partial charge in [0.05, 0.1) is 5.52 Å². The molecule has 148 valence electrons. The van der Waals surface area contributed by atoms with Gasteiger partial charge in [-0.2, -0.15) is 0 Å². The maximum Gasteiger partial charge on any atom is 0.237 e. The molecule has 1 aromatic carbocycles. The number of piperidine rings is 1. The lowest BCUT2D eigenvalue weighted by Crippen LogP contribution is -2.46. The zero-order valence-corrected chi connectivity index (χ0v) is 16.3. The molecule has 0 unspecified atom stereocenters. The number of carbonyl (C=O) groups is 1. The quantitative estimate of drug-likeness (QED) is 0.848. The van der Waals surface area contributed by atoms with Crippen LogP contribution in [0.5, 0.6) is 0 Å². The third-order valence-electron chi connectivity index (χ3n) is 7.29. The first-order valence-corrected chi connectivity index (χ1v) is 10.7. The number of halogens is 1. The second kappa shape index (κ2) is 7.11. The largest absolute Gasteiger partial charge is 0.289 e. The number of aromatic nitrogens is 1. The predicted octanol–water partition coefficient (Wildman–Crippen LogP) is 4.55. The Morgan fingerprint density at radius 3 is 2.71 bits per heavy atom. The van der Waals surface area contributed by atoms with Crippen LogP contribution in [0.15, 0.2) is 30.5 Å². The Kier molecular flexibility index (Phi) is 4.58. The maximum atomic E-state index is 13.8. The molecule has 1 N–H and O–H groups in total. The van der Waals surface area contributed by atoms with Crippen LogP contribution in [0.1, 0.15) is 62.8 Å². The number of fused-ring (bicyclic) bond motifs is 1. The Morgan fingerprint density at radius 1 is 1.14 bits per heavy atom. The van der Waals surface area contributed by atoms with Crippen LogP contribution in [0.2, 0.25) is 0 Å². The van der Waals surface area contributed by atoms with E-state index < -0.39 is 0 Å². The SMILES string of the molecule is O=C(NN1CCCCC1)[C@H]1C[C@]12CC[C@H](c1ccnc3ccc(F)cc31)CC2. The molecule has 3 fully saturated rings. The molecule has 1 saturated heterocycles. The van der Waals surface area contributed by atoms with E-state index in [2.05, 4.69) is 21.5 Å². The molecule has 2 aromatic rings. The van der Waals surface area contributed by atoms with E-state index in [1.807, 2.05) is 6.20 Å². The van der Waals surface area contributed by atoms with E-state index in [1.54, 1.807) is 12.1 Å². The first kappa shape index (κ1) is 18.0. The van der Waals surface area contributed by atoms with E-state index in [1.165, 1.54) is 30.9 Å². The van der Waals surface area contributed by atoms with Gasteiger partial charge in [-0.1, -0.05) is 6.42 Å². The molecule has 0 radical (unpaired) electrons. The van der Waals surface area contributed by atoms with Crippen LogP contribution < -0.4 is 5.43 Å². The minimum atomic E-state index is -0.203. The third kappa shape index (κ3) is 3.30. The molecule has 3 aliphatic rings. The van der Waals surface area contributed by atoms with Crippen molar-refractivity contribution >= 4 is 16.8 Å². The highest BCUT2D eigenvalue weighted by atomic mass is 19.1. The van der Waals surface area contributed by atoms with Crippen molar-refractivity contribution in [2.75, 3.05) is 13.1 Å². The molecule has 1 aliphatic heterocycles. The molecule has 5 rings (SSSR count). The van der Waals surface area contributed by atoms with Crippen LogP contribution in [0, 0.1) is 17.2 Å². The summed E-state index contributed by atoms with van der Waals surface area (Å²) in [6, 6.07) is 6.91. The lowest BCUT2D eigenvalue weighted by molar-refractivity contribution is -0.128. The minimum absolute atomic E-state index is 0.182. The normalized spacial score (nSPS) is 30.5. The molecule has 0 bridgehead atoms. The smallest absolute Gasteiger partial charge is 0.237 e. The molecule has 1 atom stereocenters. The number of amides is 1. The van der Waals surface area contributed by atoms with E-state index in [4.69, 9.17) is 0 Å². The van der Waals surface area contributed by atoms with Crippen LogP contribution in [0.3, 0.4) is 0 Å². The van der Waals surface area contributed by atoms with Crippen LogP contribution in [0.4, 0.5) is 4.39 Å². The number of nitrogens with zero attached hydrogens (tertiary/aromatic N) is 2. The van der Waals surface area contributed by atoms with Crippen molar-refractivity contribution in [2.45, 2.75) is 57.3 Å². The Morgan fingerprint density at radius 2 is 1.93 bits per heavy atom. The Hall–Kier alpha value is -2.01. The monoisotopic (exact) mass is 381 g/mol. The van der Waals surface area contributed by atoms with E-state index >= 15 is 0 Å². The first-order valence-electron chi connectivity index (χ1n) is 10.7. The Bertz CT molecular complexity index is 885. The fraction of sp³-hybridized carbons (Fsp3) is 0.565. The summed E-state index contributed by atoms with van der Waals surface area (Å²) in [5.41, 5.74) is 5.47. The number of pyridine rings is 1. The Balaban J connectivity index is 1.24. The van der Waals surface area contributed by atoms with Gasteiger partial charge >= 0.3 is 0 Å². The number of carbonyl (C=O) groups excluding carboxylic acids is 1. The molecule has 1 amide bonds. The van der Waals surface area contributed by atoms with Gasteiger partial charge < -0.3 is 0 Å². The first-order chi connectivity index (χ1) is 13.6. The molecule has 2 saturated carbocycles. The van der Waals surface area contributed by atoms with Gasteiger partial charge in [0.25, 0.3) is 0 Å². The molecular weight excluding hydrogens is 353 g/mol. The van der Waals surface area contributed by atoms with Crippen molar-refractivity contribution in [2.24, 2.45) is 11.3 Å². The Labute approximate surface area is 165 Å². The lowest BCUT2D eigenvalue weighted by atomic mass is 9.75. The van der Waals surface area contributed by atoms with E-state index in [0.717, 1.165) is 56.1 Å². The topological polar surface area (TPSA) is 45.2 Å². The molecule has 4 nitrogen and oxygen atoms in total. The fourth-order valence-corrected chi connectivity index (χ4v) is 5.51. The van der Waals surface area contributed by atoms with Crippen LogP contribution in [-0.4, -0.2) is 29.0 Å². The average Bonchev–Trinajstić information content (AvgIpc) is 3.42. The molecule has 1 aromatic heterocycles. The van der Waals surface area contributed by atoms with Gasteiger partial charge in [-0.25, -0.2) is 9.40 Å². The second-order valence-electron chi connectivity index (χ2n) is 8.98. The van der Waals surface area contributed by atoms with Crippen LogP contribution in [0.25, 0.3) is 10.9 Å². The fourth-order valence-electron chi connectivity index (χ4n) is 5.51. The highest BCUT2D eigenvalue weighted by molar-refractivity contribution is 5.83. The lowest BCUT2D eigenvalue weighted by Gasteiger charge is -2.31. The molecule has 2 aliphatic carbocycles. The van der Waals surface area contributed by atoms with E-state index in [0.29, 0.717) is 5.92 Å². The number of benzene rings is 1. The highest BCUT2D eigenvalue weighted by Gasteiger charge is 2.58. The average molecular weight is 381 g/mol. The van der Waals surface area contributed by atoms with Gasteiger partial charge in [0, 0.05) is 30.6 Å². The predicted molar refractivity (Wildman–Crippen MR) is 107 cm³/mol.